The van der Waals surface area contributed by atoms with Crippen molar-refractivity contribution in [3.8, 4) is 6.07 Å². The summed E-state index contributed by atoms with van der Waals surface area (Å²) in [5.41, 5.74) is 7.03. The van der Waals surface area contributed by atoms with Gasteiger partial charge < -0.3 is 16.0 Å². The number of carbonyl (C=O) groups is 1. The second-order valence-corrected chi connectivity index (χ2v) is 8.38. The lowest BCUT2D eigenvalue weighted by molar-refractivity contribution is 0.102. The van der Waals surface area contributed by atoms with Crippen molar-refractivity contribution in [1.29, 1.82) is 5.26 Å². The van der Waals surface area contributed by atoms with Gasteiger partial charge in [-0.05, 0) is 79.2 Å². The summed E-state index contributed by atoms with van der Waals surface area (Å²) in [6, 6.07) is 32.4. The summed E-state index contributed by atoms with van der Waals surface area (Å²) in [7, 11) is 0. The first-order valence-electron chi connectivity index (χ1n) is 11.5. The number of fused-ring (bicyclic) bond motifs is 1. The van der Waals surface area contributed by atoms with Gasteiger partial charge in [0.05, 0.1) is 17.1 Å². The van der Waals surface area contributed by atoms with Gasteiger partial charge in [0.15, 0.2) is 0 Å². The minimum absolute atomic E-state index is 0.207. The van der Waals surface area contributed by atoms with Gasteiger partial charge in [-0.1, -0.05) is 30.3 Å². The number of amides is 1. The van der Waals surface area contributed by atoms with Crippen LogP contribution in [0.1, 0.15) is 21.5 Å². The topological polar surface area (TPSA) is 89.8 Å². The van der Waals surface area contributed by atoms with E-state index in [0.717, 1.165) is 39.2 Å². The normalized spacial score (nSPS) is 10.4. The number of hydrogen-bond acceptors (Lipinski definition) is 5. The van der Waals surface area contributed by atoms with Gasteiger partial charge in [-0.3, -0.25) is 9.78 Å². The summed E-state index contributed by atoms with van der Waals surface area (Å²) in [6.07, 6.45) is 1.72. The van der Waals surface area contributed by atoms with Crippen molar-refractivity contribution in [3.63, 3.8) is 0 Å². The lowest BCUT2D eigenvalue weighted by Gasteiger charge is -2.14. The molecular weight excluding hydrogens is 446 g/mol. The molecule has 0 aliphatic heterocycles. The van der Waals surface area contributed by atoms with Crippen LogP contribution in [-0.4, -0.2) is 10.9 Å². The van der Waals surface area contributed by atoms with E-state index in [1.54, 1.807) is 18.3 Å². The van der Waals surface area contributed by atoms with E-state index in [4.69, 9.17) is 0 Å². The number of rotatable bonds is 6. The maximum absolute atomic E-state index is 13.1. The Labute approximate surface area is 209 Å². The molecular formula is C30H23N5O. The fourth-order valence-corrected chi connectivity index (χ4v) is 3.93. The minimum Gasteiger partial charge on any atom is -0.355 e. The molecule has 0 unspecified atom stereocenters. The SMILES string of the molecule is Cc1ccc(C(=O)Nc2cccc(Nc3ccccc3)c2)cc1Nc1ccnc2ccc(C#N)cc12. The Bertz CT molecular complexity index is 1610. The van der Waals surface area contributed by atoms with Crippen molar-refractivity contribution < 1.29 is 4.79 Å². The Morgan fingerprint density at radius 1 is 0.778 bits per heavy atom. The van der Waals surface area contributed by atoms with Crippen molar-refractivity contribution in [2.75, 3.05) is 16.0 Å². The van der Waals surface area contributed by atoms with Crippen molar-refractivity contribution in [1.82, 2.24) is 4.98 Å². The highest BCUT2D eigenvalue weighted by Crippen LogP contribution is 2.29. The second kappa shape index (κ2) is 10.00. The third-order valence-corrected chi connectivity index (χ3v) is 5.82. The zero-order chi connectivity index (χ0) is 24.9. The van der Waals surface area contributed by atoms with Crippen LogP contribution in [0.4, 0.5) is 28.4 Å². The van der Waals surface area contributed by atoms with E-state index in [2.05, 4.69) is 27.0 Å². The van der Waals surface area contributed by atoms with E-state index in [9.17, 15) is 10.1 Å². The molecule has 0 bridgehead atoms. The van der Waals surface area contributed by atoms with Crippen LogP contribution in [0.2, 0.25) is 0 Å². The molecule has 0 saturated carbocycles. The average molecular weight is 470 g/mol. The molecule has 0 spiro atoms. The number of hydrogen-bond donors (Lipinski definition) is 3. The van der Waals surface area contributed by atoms with Gasteiger partial charge in [-0.15, -0.1) is 0 Å². The van der Waals surface area contributed by atoms with Crippen LogP contribution in [0, 0.1) is 18.3 Å². The quantitative estimate of drug-likeness (QED) is 0.246. The predicted molar refractivity (Wildman–Crippen MR) is 145 cm³/mol. The Kier molecular flexibility index (Phi) is 6.29. The first-order chi connectivity index (χ1) is 17.6. The van der Waals surface area contributed by atoms with E-state index in [-0.39, 0.29) is 5.91 Å². The molecule has 6 nitrogen and oxygen atoms in total. The molecule has 3 N–H and O–H groups in total. The van der Waals surface area contributed by atoms with E-state index in [1.807, 2.05) is 91.9 Å². The molecule has 0 fully saturated rings. The summed E-state index contributed by atoms with van der Waals surface area (Å²) < 4.78 is 0. The molecule has 174 valence electrons. The number of nitriles is 1. The van der Waals surface area contributed by atoms with Crippen molar-refractivity contribution >= 4 is 45.2 Å². The fourth-order valence-electron chi connectivity index (χ4n) is 3.93. The van der Waals surface area contributed by atoms with Crippen LogP contribution >= 0.6 is 0 Å². The molecule has 1 aromatic heterocycles. The van der Waals surface area contributed by atoms with Crippen molar-refractivity contribution in [2.45, 2.75) is 6.92 Å². The molecule has 0 radical (unpaired) electrons. The van der Waals surface area contributed by atoms with E-state index in [1.165, 1.54) is 0 Å². The Morgan fingerprint density at radius 3 is 2.42 bits per heavy atom. The second-order valence-electron chi connectivity index (χ2n) is 8.38. The lowest BCUT2D eigenvalue weighted by Crippen LogP contribution is -2.12. The van der Waals surface area contributed by atoms with Crippen LogP contribution in [0.3, 0.4) is 0 Å². The maximum Gasteiger partial charge on any atom is 0.255 e. The van der Waals surface area contributed by atoms with Crippen LogP contribution < -0.4 is 16.0 Å². The highest BCUT2D eigenvalue weighted by Gasteiger charge is 2.11. The number of aromatic nitrogens is 1. The molecule has 4 aromatic carbocycles. The van der Waals surface area contributed by atoms with Crippen molar-refractivity contribution in [2.24, 2.45) is 0 Å². The van der Waals surface area contributed by atoms with Gasteiger partial charge in [0.2, 0.25) is 0 Å². The number of para-hydroxylation sites is 1. The van der Waals surface area contributed by atoms with Crippen LogP contribution in [0.5, 0.6) is 0 Å². The molecule has 5 aromatic rings. The van der Waals surface area contributed by atoms with E-state index in [0.29, 0.717) is 16.8 Å². The number of nitrogens with one attached hydrogen (secondary N) is 3. The molecule has 0 atom stereocenters. The first-order valence-corrected chi connectivity index (χ1v) is 11.5. The van der Waals surface area contributed by atoms with Crippen LogP contribution in [-0.2, 0) is 0 Å². The van der Waals surface area contributed by atoms with Gasteiger partial charge in [0.25, 0.3) is 5.91 Å². The molecule has 5 rings (SSSR count). The number of nitrogens with zero attached hydrogens (tertiary/aromatic N) is 2. The third-order valence-electron chi connectivity index (χ3n) is 5.82. The van der Waals surface area contributed by atoms with Gasteiger partial charge in [-0.25, -0.2) is 0 Å². The third kappa shape index (κ3) is 5.01. The largest absolute Gasteiger partial charge is 0.355 e. The van der Waals surface area contributed by atoms with Gasteiger partial charge >= 0.3 is 0 Å². The highest BCUT2D eigenvalue weighted by molar-refractivity contribution is 6.05. The maximum atomic E-state index is 13.1. The standard InChI is InChI=1S/C30H23N5O/c1-20-10-12-22(17-29(20)35-28-14-15-32-27-13-11-21(19-31)16-26(27)28)30(36)34-25-9-5-8-24(18-25)33-23-6-3-2-4-7-23/h2-18,33H,1H3,(H,32,35)(H,34,36). The summed E-state index contributed by atoms with van der Waals surface area (Å²) >= 11 is 0. The molecule has 0 saturated heterocycles. The number of anilines is 5. The van der Waals surface area contributed by atoms with Crippen LogP contribution in [0.25, 0.3) is 10.9 Å². The molecule has 1 amide bonds. The zero-order valence-electron chi connectivity index (χ0n) is 19.6. The summed E-state index contributed by atoms with van der Waals surface area (Å²) in [5, 5.41) is 19.9. The van der Waals surface area contributed by atoms with E-state index < -0.39 is 0 Å². The number of carbonyl (C=O) groups excluding carboxylic acids is 1. The molecule has 6 heteroatoms. The number of aryl methyl sites for hydroxylation is 1. The lowest BCUT2D eigenvalue weighted by atomic mass is 10.1. The molecule has 1 heterocycles. The van der Waals surface area contributed by atoms with Crippen LogP contribution in [0.15, 0.2) is 103 Å². The number of pyridine rings is 1. The first kappa shape index (κ1) is 22.6. The monoisotopic (exact) mass is 469 g/mol. The van der Waals surface area contributed by atoms with Crippen molar-refractivity contribution in [3.05, 3.63) is 120 Å². The minimum atomic E-state index is -0.207. The van der Waals surface area contributed by atoms with Gasteiger partial charge in [0.1, 0.15) is 0 Å². The smallest absolute Gasteiger partial charge is 0.255 e. The van der Waals surface area contributed by atoms with Gasteiger partial charge in [-0.2, -0.15) is 5.26 Å². The fraction of sp³-hybridized carbons (Fsp3) is 0.0333. The average Bonchev–Trinajstić information content (AvgIpc) is 2.90. The zero-order valence-corrected chi connectivity index (χ0v) is 19.6. The highest BCUT2D eigenvalue weighted by atomic mass is 16.1. The van der Waals surface area contributed by atoms with E-state index >= 15 is 0 Å². The molecule has 0 aliphatic rings. The Balaban J connectivity index is 1.37. The summed E-state index contributed by atoms with van der Waals surface area (Å²) in [4.78, 5) is 17.5. The number of benzene rings is 4. The summed E-state index contributed by atoms with van der Waals surface area (Å²) in [5.74, 6) is -0.207. The molecule has 0 aliphatic carbocycles. The Hall–Kier alpha value is -5.15. The molecule has 36 heavy (non-hydrogen) atoms. The predicted octanol–water partition coefficient (Wildman–Crippen LogP) is 7.15. The Morgan fingerprint density at radius 2 is 1.58 bits per heavy atom. The summed E-state index contributed by atoms with van der Waals surface area (Å²) in [6.45, 7) is 1.98. The van der Waals surface area contributed by atoms with Gasteiger partial charge in [0, 0.05) is 45.6 Å².